The zero-order valence-electron chi connectivity index (χ0n) is 12.3. The molecule has 1 saturated heterocycles. The minimum atomic E-state index is -0.0623. The Morgan fingerprint density at radius 3 is 2.95 bits per heavy atom. The molecular formula is C15H20N4O2. The minimum absolute atomic E-state index is 0.0623. The number of hydrogen-bond donors (Lipinski definition) is 2. The topological polar surface area (TPSA) is 72.2 Å². The van der Waals surface area contributed by atoms with Crippen molar-refractivity contribution in [2.75, 3.05) is 24.3 Å². The second-order valence-electron chi connectivity index (χ2n) is 5.22. The van der Waals surface area contributed by atoms with Crippen molar-refractivity contribution >= 4 is 17.3 Å². The number of aromatic nitrogens is 2. The van der Waals surface area contributed by atoms with E-state index in [2.05, 4.69) is 27.7 Å². The molecule has 0 saturated carbocycles. The molecule has 21 heavy (non-hydrogen) atoms. The van der Waals surface area contributed by atoms with Crippen molar-refractivity contribution in [3.8, 4) is 0 Å². The molecule has 112 valence electrons. The zero-order valence-corrected chi connectivity index (χ0v) is 12.3. The van der Waals surface area contributed by atoms with Crippen LogP contribution in [0.1, 0.15) is 36.8 Å². The van der Waals surface area contributed by atoms with Crippen molar-refractivity contribution in [3.63, 3.8) is 0 Å². The number of aryl methyl sites for hydroxylation is 1. The van der Waals surface area contributed by atoms with Crippen molar-refractivity contribution in [1.82, 2.24) is 10.1 Å². The normalized spacial score (nSPS) is 18.5. The first-order chi connectivity index (χ1) is 10.3. The summed E-state index contributed by atoms with van der Waals surface area (Å²) in [4.78, 5) is 4.37. The van der Waals surface area contributed by atoms with Gasteiger partial charge in [0.15, 0.2) is 0 Å². The van der Waals surface area contributed by atoms with Crippen LogP contribution in [0.15, 0.2) is 22.7 Å². The maximum atomic E-state index is 5.65. The summed E-state index contributed by atoms with van der Waals surface area (Å²) >= 11 is 0. The number of nitrogens with zero attached hydrogens (tertiary/aromatic N) is 2. The maximum Gasteiger partial charge on any atom is 0.267 e. The Kier molecular flexibility index (Phi) is 4.06. The van der Waals surface area contributed by atoms with Gasteiger partial charge in [0.25, 0.3) is 11.8 Å². The summed E-state index contributed by atoms with van der Waals surface area (Å²) < 4.78 is 10.9. The largest absolute Gasteiger partial charge is 0.388 e. The molecule has 6 heteroatoms. The average Bonchev–Trinajstić information content (AvgIpc) is 2.98. The first kappa shape index (κ1) is 13.9. The quantitative estimate of drug-likeness (QED) is 0.898. The molecule has 0 amide bonds. The monoisotopic (exact) mass is 288 g/mol. The van der Waals surface area contributed by atoms with Gasteiger partial charge in [-0.15, -0.1) is 0 Å². The average molecular weight is 288 g/mol. The van der Waals surface area contributed by atoms with Crippen molar-refractivity contribution in [2.24, 2.45) is 0 Å². The van der Waals surface area contributed by atoms with Crippen LogP contribution in [0.2, 0.25) is 0 Å². The van der Waals surface area contributed by atoms with Gasteiger partial charge >= 0.3 is 0 Å². The standard InChI is InChI=1S/C15H20N4O2/c1-10-6-7-11(9-12(10)16-2)17-15-18-14(21-19-15)13-5-3-4-8-20-13/h6-7,9,13,16H,3-5,8H2,1-2H3,(H,17,19). The molecule has 2 heterocycles. The van der Waals surface area contributed by atoms with Gasteiger partial charge in [0.05, 0.1) is 0 Å². The molecule has 1 aliphatic rings. The molecule has 0 bridgehead atoms. The highest BCUT2D eigenvalue weighted by molar-refractivity contribution is 5.63. The van der Waals surface area contributed by atoms with E-state index in [4.69, 9.17) is 9.26 Å². The van der Waals surface area contributed by atoms with Gasteiger partial charge in [0.1, 0.15) is 6.10 Å². The van der Waals surface area contributed by atoms with Gasteiger partial charge in [-0.2, -0.15) is 4.98 Å². The summed E-state index contributed by atoms with van der Waals surface area (Å²) in [5.41, 5.74) is 3.17. The maximum absolute atomic E-state index is 5.65. The van der Waals surface area contributed by atoms with Gasteiger partial charge < -0.3 is 19.9 Å². The van der Waals surface area contributed by atoms with Crippen LogP contribution in [0.4, 0.5) is 17.3 Å². The van der Waals surface area contributed by atoms with Gasteiger partial charge in [0.2, 0.25) is 0 Å². The van der Waals surface area contributed by atoms with Gasteiger partial charge in [-0.1, -0.05) is 6.07 Å². The molecule has 1 atom stereocenters. The molecule has 3 rings (SSSR count). The van der Waals surface area contributed by atoms with Crippen molar-refractivity contribution in [2.45, 2.75) is 32.3 Å². The lowest BCUT2D eigenvalue weighted by Gasteiger charge is -2.18. The van der Waals surface area contributed by atoms with Crippen LogP contribution in [0.5, 0.6) is 0 Å². The Labute approximate surface area is 123 Å². The van der Waals surface area contributed by atoms with Gasteiger partial charge in [-0.05, 0) is 49.0 Å². The van der Waals surface area contributed by atoms with Crippen LogP contribution in [-0.4, -0.2) is 23.8 Å². The van der Waals surface area contributed by atoms with Gasteiger partial charge in [0, 0.05) is 25.0 Å². The third-order valence-corrected chi connectivity index (χ3v) is 3.66. The minimum Gasteiger partial charge on any atom is -0.388 e. The summed E-state index contributed by atoms with van der Waals surface area (Å²) in [6.45, 7) is 2.82. The van der Waals surface area contributed by atoms with Gasteiger partial charge in [-0.25, -0.2) is 0 Å². The summed E-state index contributed by atoms with van der Waals surface area (Å²) in [5, 5.41) is 10.3. The first-order valence-corrected chi connectivity index (χ1v) is 7.27. The van der Waals surface area contributed by atoms with Crippen molar-refractivity contribution < 1.29 is 9.26 Å². The van der Waals surface area contributed by atoms with E-state index in [0.717, 1.165) is 37.2 Å². The van der Waals surface area contributed by atoms with E-state index in [0.29, 0.717) is 11.8 Å². The number of rotatable bonds is 4. The number of nitrogens with one attached hydrogen (secondary N) is 2. The van der Waals surface area contributed by atoms with E-state index >= 15 is 0 Å². The third kappa shape index (κ3) is 3.16. The van der Waals surface area contributed by atoms with E-state index in [1.54, 1.807) is 0 Å². The molecule has 0 radical (unpaired) electrons. The Morgan fingerprint density at radius 1 is 1.29 bits per heavy atom. The Morgan fingerprint density at radius 2 is 2.19 bits per heavy atom. The Hall–Kier alpha value is -2.08. The zero-order chi connectivity index (χ0) is 14.7. The summed E-state index contributed by atoms with van der Waals surface area (Å²) in [7, 11) is 1.90. The summed E-state index contributed by atoms with van der Waals surface area (Å²) in [6, 6.07) is 6.05. The molecule has 2 N–H and O–H groups in total. The Balaban J connectivity index is 1.72. The smallest absolute Gasteiger partial charge is 0.267 e. The highest BCUT2D eigenvalue weighted by Gasteiger charge is 2.22. The van der Waals surface area contributed by atoms with Crippen molar-refractivity contribution in [3.05, 3.63) is 29.7 Å². The predicted octanol–water partition coefficient (Wildman–Crippen LogP) is 3.40. The lowest BCUT2D eigenvalue weighted by molar-refractivity contribution is -0.00459. The number of ether oxygens (including phenoxy) is 1. The molecule has 0 spiro atoms. The number of benzene rings is 1. The fraction of sp³-hybridized carbons (Fsp3) is 0.467. The molecule has 6 nitrogen and oxygen atoms in total. The van der Waals surface area contributed by atoms with E-state index in [1.165, 1.54) is 5.56 Å². The molecule has 1 aromatic carbocycles. The summed E-state index contributed by atoms with van der Waals surface area (Å²) in [5.74, 6) is 1.02. The van der Waals surface area contributed by atoms with Crippen molar-refractivity contribution in [1.29, 1.82) is 0 Å². The van der Waals surface area contributed by atoms with Crippen LogP contribution in [-0.2, 0) is 4.74 Å². The molecule has 0 aliphatic carbocycles. The SMILES string of the molecule is CNc1cc(Nc2noc(C3CCCCO3)n2)ccc1C. The lowest BCUT2D eigenvalue weighted by atomic mass is 10.1. The number of hydrogen-bond acceptors (Lipinski definition) is 6. The molecule has 1 unspecified atom stereocenters. The highest BCUT2D eigenvalue weighted by Crippen LogP contribution is 2.28. The fourth-order valence-corrected chi connectivity index (χ4v) is 2.45. The van der Waals surface area contributed by atoms with Crippen LogP contribution >= 0.6 is 0 Å². The third-order valence-electron chi connectivity index (χ3n) is 3.66. The molecule has 1 aliphatic heterocycles. The highest BCUT2D eigenvalue weighted by atomic mass is 16.5. The van der Waals surface area contributed by atoms with Crippen LogP contribution in [0, 0.1) is 6.92 Å². The number of anilines is 3. The van der Waals surface area contributed by atoms with E-state index in [1.807, 2.05) is 25.2 Å². The first-order valence-electron chi connectivity index (χ1n) is 7.27. The molecule has 1 fully saturated rings. The predicted molar refractivity (Wildman–Crippen MR) is 80.9 cm³/mol. The van der Waals surface area contributed by atoms with Crippen LogP contribution < -0.4 is 10.6 Å². The molecule has 1 aromatic heterocycles. The van der Waals surface area contributed by atoms with E-state index in [9.17, 15) is 0 Å². The van der Waals surface area contributed by atoms with Gasteiger partial charge in [-0.3, -0.25) is 0 Å². The second-order valence-corrected chi connectivity index (χ2v) is 5.22. The fourth-order valence-electron chi connectivity index (χ4n) is 2.45. The molecular weight excluding hydrogens is 268 g/mol. The Bertz CT molecular complexity index is 605. The van der Waals surface area contributed by atoms with E-state index in [-0.39, 0.29) is 6.10 Å². The molecule has 2 aromatic rings. The van der Waals surface area contributed by atoms with E-state index < -0.39 is 0 Å². The second kappa shape index (κ2) is 6.13. The summed E-state index contributed by atoms with van der Waals surface area (Å²) in [6.07, 6.45) is 3.12. The lowest BCUT2D eigenvalue weighted by Crippen LogP contribution is -2.11. The van der Waals surface area contributed by atoms with Crippen LogP contribution in [0.3, 0.4) is 0 Å². The van der Waals surface area contributed by atoms with Crippen LogP contribution in [0.25, 0.3) is 0 Å².